The molecule has 6 atom stereocenters. The van der Waals surface area contributed by atoms with Gasteiger partial charge in [0.25, 0.3) is 0 Å². The molecule has 3 N–H and O–H groups in total. The minimum atomic E-state index is -4.95. The van der Waals surface area contributed by atoms with Gasteiger partial charge in [0.15, 0.2) is 12.2 Å². The summed E-state index contributed by atoms with van der Waals surface area (Å²) in [5.41, 5.74) is 0. The highest BCUT2D eigenvalue weighted by Gasteiger charge is 2.30. The average molecular weight is 1300 g/mol. The lowest BCUT2D eigenvalue weighted by Gasteiger charge is -2.21. The minimum absolute atomic E-state index is 0.105. The first-order valence-electron chi connectivity index (χ1n) is 36.2. The van der Waals surface area contributed by atoms with Crippen molar-refractivity contribution in [2.24, 2.45) is 5.92 Å². The number of aliphatic hydroxyl groups is 1. The fourth-order valence-corrected chi connectivity index (χ4v) is 12.0. The van der Waals surface area contributed by atoms with Crippen molar-refractivity contribution in [2.75, 3.05) is 39.6 Å². The number of esters is 4. The summed E-state index contributed by atoms with van der Waals surface area (Å²) in [4.78, 5) is 72.5. The SMILES string of the molecule is CCCCCCCCCCCCCCCCC(=O)O[C@H](COC(=O)CCCCCCCCCCCCCCC)COP(=O)(O)OC[C@@H](O)COP(=O)(O)OC[C@@H](COC(=O)CCCCCCCCCCC)OC(=O)CCCCCCCCCCC(C)CC. The van der Waals surface area contributed by atoms with E-state index in [2.05, 4.69) is 34.6 Å². The summed E-state index contributed by atoms with van der Waals surface area (Å²) in [6.07, 6.45) is 48.4. The van der Waals surface area contributed by atoms with Crippen LogP contribution in [-0.2, 0) is 65.4 Å². The maximum absolute atomic E-state index is 13.0. The Morgan fingerprint density at radius 2 is 0.545 bits per heavy atom. The lowest BCUT2D eigenvalue weighted by molar-refractivity contribution is -0.161. The maximum Gasteiger partial charge on any atom is 0.472 e. The summed E-state index contributed by atoms with van der Waals surface area (Å²) in [7, 11) is -9.89. The van der Waals surface area contributed by atoms with Gasteiger partial charge in [0, 0.05) is 25.7 Å². The van der Waals surface area contributed by atoms with Crippen LogP contribution in [0, 0.1) is 5.92 Å². The average Bonchev–Trinajstić information content (AvgIpc) is 3.49. The molecule has 0 aromatic carbocycles. The van der Waals surface area contributed by atoms with Crippen molar-refractivity contribution < 1.29 is 80.2 Å². The molecular formula is C69H134O17P2. The van der Waals surface area contributed by atoms with Crippen molar-refractivity contribution in [3.05, 3.63) is 0 Å². The number of ether oxygens (including phenoxy) is 4. The number of carbonyl (C=O) groups is 4. The zero-order valence-corrected chi connectivity index (χ0v) is 58.6. The van der Waals surface area contributed by atoms with Crippen molar-refractivity contribution in [3.8, 4) is 0 Å². The van der Waals surface area contributed by atoms with Gasteiger partial charge in [0.2, 0.25) is 0 Å². The fraction of sp³-hybridized carbons (Fsp3) is 0.942. The molecule has 17 nitrogen and oxygen atoms in total. The Labute approximate surface area is 537 Å². The van der Waals surface area contributed by atoms with E-state index in [-0.39, 0.29) is 25.7 Å². The molecule has 0 saturated heterocycles. The van der Waals surface area contributed by atoms with Gasteiger partial charge in [-0.1, -0.05) is 304 Å². The van der Waals surface area contributed by atoms with Crippen LogP contribution < -0.4 is 0 Å². The van der Waals surface area contributed by atoms with Crippen molar-refractivity contribution in [1.29, 1.82) is 0 Å². The van der Waals surface area contributed by atoms with Crippen molar-refractivity contribution in [2.45, 2.75) is 374 Å². The molecule has 0 aromatic rings. The topological polar surface area (TPSA) is 237 Å². The molecule has 0 spiro atoms. The number of carbonyl (C=O) groups excluding carboxylic acids is 4. The van der Waals surface area contributed by atoms with Gasteiger partial charge in [0.1, 0.15) is 19.3 Å². The monoisotopic (exact) mass is 1300 g/mol. The zero-order valence-electron chi connectivity index (χ0n) is 56.9. The summed E-state index contributed by atoms with van der Waals surface area (Å²) >= 11 is 0. The third kappa shape index (κ3) is 61.6. The smallest absolute Gasteiger partial charge is 0.462 e. The number of phosphoric ester groups is 2. The highest BCUT2D eigenvalue weighted by Crippen LogP contribution is 2.45. The highest BCUT2D eigenvalue weighted by molar-refractivity contribution is 7.47. The molecule has 0 rings (SSSR count). The van der Waals surface area contributed by atoms with E-state index in [0.29, 0.717) is 25.7 Å². The molecule has 0 aliphatic rings. The molecule has 0 aliphatic carbocycles. The van der Waals surface area contributed by atoms with E-state index in [1.165, 1.54) is 180 Å². The molecule has 522 valence electrons. The van der Waals surface area contributed by atoms with Crippen LogP contribution in [0.3, 0.4) is 0 Å². The molecule has 3 unspecified atom stereocenters. The second-order valence-electron chi connectivity index (χ2n) is 25.2. The third-order valence-electron chi connectivity index (χ3n) is 16.4. The Morgan fingerprint density at radius 1 is 0.318 bits per heavy atom. The first-order valence-corrected chi connectivity index (χ1v) is 39.2. The lowest BCUT2D eigenvalue weighted by atomic mass is 9.99. The van der Waals surface area contributed by atoms with Crippen molar-refractivity contribution in [3.63, 3.8) is 0 Å². The molecule has 0 fully saturated rings. The Hall–Kier alpha value is -1.94. The molecule has 88 heavy (non-hydrogen) atoms. The molecule has 0 amide bonds. The standard InChI is InChI=1S/C69H134O17P2/c1-6-10-13-16-19-22-24-26-28-30-33-39-44-49-54-68(73)85-64(59-80-67(72)53-48-43-38-32-29-27-25-23-20-17-14-11-7-2)60-83-87(75,76)81-56-63(70)57-82-88(77,78)84-61-65(58-79-66(71)52-47-42-37-31-21-18-15-12-8-3)86-69(74)55-50-45-40-35-34-36-41-46-51-62(5)9-4/h62-65,70H,6-61H2,1-5H3,(H,75,76)(H,77,78)/t62?,63-,64-,65-/m1/s1. The normalized spacial score (nSPS) is 14.4. The number of phosphoric acid groups is 2. The molecule has 0 heterocycles. The number of hydrogen-bond donors (Lipinski definition) is 3. The van der Waals surface area contributed by atoms with Crippen LogP contribution in [0.5, 0.6) is 0 Å². The Bertz CT molecular complexity index is 1710. The molecule has 0 aliphatic heterocycles. The van der Waals surface area contributed by atoms with Gasteiger partial charge in [0.05, 0.1) is 26.4 Å². The molecule has 19 heteroatoms. The van der Waals surface area contributed by atoms with Gasteiger partial charge in [-0.3, -0.25) is 37.3 Å². The van der Waals surface area contributed by atoms with Gasteiger partial charge >= 0.3 is 39.5 Å². The molecule has 0 bridgehead atoms. The molecular weight excluding hydrogens is 1160 g/mol. The quantitative estimate of drug-likeness (QED) is 0.0222. The van der Waals surface area contributed by atoms with E-state index in [0.717, 1.165) is 95.8 Å². The summed E-state index contributed by atoms with van der Waals surface area (Å²) in [6.45, 7) is 7.23. The Morgan fingerprint density at radius 3 is 0.807 bits per heavy atom. The van der Waals surface area contributed by atoms with Crippen molar-refractivity contribution in [1.82, 2.24) is 0 Å². The minimum Gasteiger partial charge on any atom is -0.462 e. The van der Waals surface area contributed by atoms with Crippen LogP contribution in [0.4, 0.5) is 0 Å². The highest BCUT2D eigenvalue weighted by atomic mass is 31.2. The Balaban J connectivity index is 5.24. The summed E-state index contributed by atoms with van der Waals surface area (Å²) in [5.74, 6) is -1.35. The number of hydrogen-bond acceptors (Lipinski definition) is 15. The van der Waals surface area contributed by atoms with E-state index in [1.807, 2.05) is 0 Å². The van der Waals surface area contributed by atoms with E-state index >= 15 is 0 Å². The predicted octanol–water partition coefficient (Wildman–Crippen LogP) is 19.7. The van der Waals surface area contributed by atoms with E-state index < -0.39 is 97.5 Å². The second kappa shape index (κ2) is 62.5. The van der Waals surface area contributed by atoms with Crippen LogP contribution >= 0.6 is 15.6 Å². The largest absolute Gasteiger partial charge is 0.472 e. The number of unbranched alkanes of at least 4 members (excludes halogenated alkanes) is 40. The van der Waals surface area contributed by atoms with E-state index in [4.69, 9.17) is 37.0 Å². The predicted molar refractivity (Wildman–Crippen MR) is 354 cm³/mol. The summed E-state index contributed by atoms with van der Waals surface area (Å²) in [6, 6.07) is 0. The zero-order chi connectivity index (χ0) is 64.9. The van der Waals surface area contributed by atoms with Gasteiger partial charge in [-0.05, 0) is 31.6 Å². The molecule has 0 radical (unpaired) electrons. The van der Waals surface area contributed by atoms with Gasteiger partial charge < -0.3 is 33.8 Å². The number of rotatable bonds is 69. The van der Waals surface area contributed by atoms with Crippen LogP contribution in [0.15, 0.2) is 0 Å². The van der Waals surface area contributed by atoms with Gasteiger partial charge in [-0.2, -0.15) is 0 Å². The summed E-state index contributed by atoms with van der Waals surface area (Å²) < 4.78 is 68.2. The molecule has 0 aromatic heterocycles. The van der Waals surface area contributed by atoms with E-state index in [1.54, 1.807) is 0 Å². The van der Waals surface area contributed by atoms with E-state index in [9.17, 15) is 43.2 Å². The third-order valence-corrected chi connectivity index (χ3v) is 18.3. The van der Waals surface area contributed by atoms with Gasteiger partial charge in [-0.25, -0.2) is 9.13 Å². The second-order valence-corrected chi connectivity index (χ2v) is 28.1. The summed E-state index contributed by atoms with van der Waals surface area (Å²) in [5, 5.41) is 10.6. The van der Waals surface area contributed by atoms with Crippen LogP contribution in [0.2, 0.25) is 0 Å². The number of aliphatic hydroxyl groups excluding tert-OH is 1. The maximum atomic E-state index is 13.0. The van der Waals surface area contributed by atoms with Crippen LogP contribution in [-0.4, -0.2) is 96.7 Å². The first-order chi connectivity index (χ1) is 42.6. The van der Waals surface area contributed by atoms with Crippen molar-refractivity contribution >= 4 is 39.5 Å². The fourth-order valence-electron chi connectivity index (χ4n) is 10.4. The van der Waals surface area contributed by atoms with Gasteiger partial charge in [-0.15, -0.1) is 0 Å². The van der Waals surface area contributed by atoms with Crippen LogP contribution in [0.25, 0.3) is 0 Å². The Kier molecular flexibility index (Phi) is 61.1. The molecule has 0 saturated carbocycles. The van der Waals surface area contributed by atoms with Crippen LogP contribution in [0.1, 0.15) is 356 Å². The first kappa shape index (κ1) is 86.1. The lowest BCUT2D eigenvalue weighted by Crippen LogP contribution is -2.30.